The molecule has 1 aromatic rings. The maximum Gasteiger partial charge on any atom is 0.108 e. The molecule has 2 aliphatic heterocycles. The predicted molar refractivity (Wildman–Crippen MR) is 79.7 cm³/mol. The number of hydrogen-bond donors (Lipinski definition) is 1. The van der Waals surface area contributed by atoms with E-state index in [4.69, 9.17) is 4.42 Å². The summed E-state index contributed by atoms with van der Waals surface area (Å²) in [6.45, 7) is 3.79. The van der Waals surface area contributed by atoms with Gasteiger partial charge in [-0.1, -0.05) is 0 Å². The molecule has 0 aromatic carbocycles. The van der Waals surface area contributed by atoms with E-state index in [0.717, 1.165) is 18.4 Å². The number of rotatable bonds is 2. The van der Waals surface area contributed by atoms with Gasteiger partial charge in [-0.3, -0.25) is 4.90 Å². The van der Waals surface area contributed by atoms with Gasteiger partial charge in [0, 0.05) is 30.6 Å². The van der Waals surface area contributed by atoms with Gasteiger partial charge in [-0.05, 0) is 63.6 Å². The quantitative estimate of drug-likeness (QED) is 0.898. The topological polar surface area (TPSA) is 28.4 Å². The first kappa shape index (κ1) is 12.9. The second kappa shape index (κ2) is 5.53. The van der Waals surface area contributed by atoms with E-state index in [2.05, 4.69) is 16.3 Å². The van der Waals surface area contributed by atoms with Gasteiger partial charge in [0.15, 0.2) is 0 Å². The number of fused-ring (bicyclic) bond motifs is 1. The third-order valence-corrected chi connectivity index (χ3v) is 5.62. The highest BCUT2D eigenvalue weighted by Crippen LogP contribution is 2.38. The fraction of sp³-hybridized carbons (Fsp3) is 0.765. The van der Waals surface area contributed by atoms with E-state index in [0.29, 0.717) is 6.04 Å². The molecule has 2 saturated heterocycles. The van der Waals surface area contributed by atoms with Crippen molar-refractivity contribution in [2.24, 2.45) is 5.92 Å². The van der Waals surface area contributed by atoms with Crippen LogP contribution in [0.2, 0.25) is 0 Å². The molecule has 0 radical (unpaired) electrons. The van der Waals surface area contributed by atoms with Crippen molar-refractivity contribution < 1.29 is 4.42 Å². The molecule has 0 spiro atoms. The molecular weight excluding hydrogens is 248 g/mol. The van der Waals surface area contributed by atoms with E-state index in [-0.39, 0.29) is 0 Å². The van der Waals surface area contributed by atoms with E-state index >= 15 is 0 Å². The molecule has 1 N–H and O–H groups in total. The summed E-state index contributed by atoms with van der Waals surface area (Å²) in [6.07, 6.45) is 11.2. The number of hydrogen-bond acceptors (Lipinski definition) is 3. The summed E-state index contributed by atoms with van der Waals surface area (Å²) in [5, 5.41) is 3.72. The van der Waals surface area contributed by atoms with Crippen LogP contribution in [-0.4, -0.2) is 30.6 Å². The van der Waals surface area contributed by atoms with Crippen LogP contribution >= 0.6 is 0 Å². The molecule has 3 unspecified atom stereocenters. The highest BCUT2D eigenvalue weighted by Gasteiger charge is 2.34. The molecule has 1 aliphatic carbocycles. The van der Waals surface area contributed by atoms with Gasteiger partial charge in [-0.25, -0.2) is 0 Å². The van der Waals surface area contributed by atoms with Gasteiger partial charge in [0.05, 0.1) is 6.26 Å². The molecule has 3 nitrogen and oxygen atoms in total. The minimum Gasteiger partial charge on any atom is -0.469 e. The van der Waals surface area contributed by atoms with Crippen molar-refractivity contribution in [1.29, 1.82) is 0 Å². The molecule has 0 amide bonds. The molecule has 20 heavy (non-hydrogen) atoms. The van der Waals surface area contributed by atoms with Gasteiger partial charge in [-0.15, -0.1) is 0 Å². The molecule has 4 rings (SSSR count). The summed E-state index contributed by atoms with van der Waals surface area (Å²) < 4.78 is 5.66. The van der Waals surface area contributed by atoms with E-state index < -0.39 is 0 Å². The molecule has 3 heterocycles. The zero-order chi connectivity index (χ0) is 13.4. The maximum absolute atomic E-state index is 5.66. The summed E-state index contributed by atoms with van der Waals surface area (Å²) in [6, 6.07) is 3.63. The Morgan fingerprint density at radius 3 is 3.05 bits per heavy atom. The Labute approximate surface area is 121 Å². The van der Waals surface area contributed by atoms with Gasteiger partial charge < -0.3 is 9.73 Å². The standard InChI is InChI=1S/C17H26N2O/c1-6-16(14-8-11-20-17(14)7-1)19-10-3-4-13(12-19)15-5-2-9-18-15/h8,11,13,15-16,18H,1-7,9-10,12H2. The number of aryl methyl sites for hydroxylation is 1. The lowest BCUT2D eigenvalue weighted by Gasteiger charge is -2.41. The fourth-order valence-corrected chi connectivity index (χ4v) is 4.61. The van der Waals surface area contributed by atoms with E-state index in [1.165, 1.54) is 69.5 Å². The third-order valence-electron chi connectivity index (χ3n) is 5.62. The summed E-state index contributed by atoms with van der Waals surface area (Å²) in [4.78, 5) is 2.75. The van der Waals surface area contributed by atoms with Crippen molar-refractivity contribution in [3.05, 3.63) is 23.7 Å². The summed E-state index contributed by atoms with van der Waals surface area (Å²) in [5.41, 5.74) is 1.48. The molecule has 3 heteroatoms. The Morgan fingerprint density at radius 2 is 2.15 bits per heavy atom. The summed E-state index contributed by atoms with van der Waals surface area (Å²) >= 11 is 0. The lowest BCUT2D eigenvalue weighted by atomic mass is 9.86. The van der Waals surface area contributed by atoms with Crippen molar-refractivity contribution in [1.82, 2.24) is 10.2 Å². The zero-order valence-corrected chi connectivity index (χ0v) is 12.3. The maximum atomic E-state index is 5.66. The first-order valence-electron chi connectivity index (χ1n) is 8.45. The third kappa shape index (κ3) is 2.31. The van der Waals surface area contributed by atoms with Crippen LogP contribution in [-0.2, 0) is 6.42 Å². The van der Waals surface area contributed by atoms with Gasteiger partial charge in [0.2, 0.25) is 0 Å². The van der Waals surface area contributed by atoms with Crippen molar-refractivity contribution in [2.75, 3.05) is 19.6 Å². The second-order valence-electron chi connectivity index (χ2n) is 6.81. The average Bonchev–Trinajstić information content (AvgIpc) is 3.18. The minimum absolute atomic E-state index is 0.627. The van der Waals surface area contributed by atoms with E-state index in [9.17, 15) is 0 Å². The average molecular weight is 274 g/mol. The second-order valence-corrected chi connectivity index (χ2v) is 6.81. The molecule has 2 fully saturated rings. The summed E-state index contributed by atoms with van der Waals surface area (Å²) in [7, 11) is 0. The van der Waals surface area contributed by atoms with Gasteiger partial charge in [0.25, 0.3) is 0 Å². The van der Waals surface area contributed by atoms with Crippen LogP contribution in [0.25, 0.3) is 0 Å². The van der Waals surface area contributed by atoms with Crippen molar-refractivity contribution >= 4 is 0 Å². The minimum atomic E-state index is 0.627. The Kier molecular flexibility index (Phi) is 3.57. The zero-order valence-electron chi connectivity index (χ0n) is 12.3. The molecule has 3 aliphatic rings. The Balaban J connectivity index is 1.49. The predicted octanol–water partition coefficient (Wildman–Crippen LogP) is 3.12. The van der Waals surface area contributed by atoms with Crippen LogP contribution < -0.4 is 5.32 Å². The lowest BCUT2D eigenvalue weighted by molar-refractivity contribution is 0.0959. The van der Waals surface area contributed by atoms with E-state index in [1.54, 1.807) is 0 Å². The van der Waals surface area contributed by atoms with Crippen molar-refractivity contribution in [2.45, 2.75) is 57.0 Å². The van der Waals surface area contributed by atoms with Crippen LogP contribution in [0, 0.1) is 5.92 Å². The van der Waals surface area contributed by atoms with Gasteiger partial charge in [-0.2, -0.15) is 0 Å². The SMILES string of the molecule is c1cc2c(o1)CCCC2N1CCCC(C2CCCN2)C1. The number of likely N-dealkylation sites (tertiary alicyclic amines) is 1. The molecule has 0 bridgehead atoms. The molecular formula is C17H26N2O. The first-order valence-corrected chi connectivity index (χ1v) is 8.45. The largest absolute Gasteiger partial charge is 0.469 e. The molecule has 1 aromatic heterocycles. The highest BCUT2D eigenvalue weighted by molar-refractivity contribution is 5.24. The number of piperidine rings is 1. The van der Waals surface area contributed by atoms with Gasteiger partial charge in [0.1, 0.15) is 5.76 Å². The Morgan fingerprint density at radius 1 is 1.15 bits per heavy atom. The molecule has 0 saturated carbocycles. The van der Waals surface area contributed by atoms with Gasteiger partial charge >= 0.3 is 0 Å². The van der Waals surface area contributed by atoms with Crippen molar-refractivity contribution in [3.63, 3.8) is 0 Å². The summed E-state index contributed by atoms with van der Waals surface area (Å²) in [5.74, 6) is 2.12. The Hall–Kier alpha value is -0.800. The normalized spacial score (nSPS) is 35.1. The molecule has 3 atom stereocenters. The van der Waals surface area contributed by atoms with Crippen LogP contribution in [0.15, 0.2) is 16.7 Å². The molecule has 110 valence electrons. The van der Waals surface area contributed by atoms with Crippen LogP contribution in [0.5, 0.6) is 0 Å². The number of nitrogens with zero attached hydrogens (tertiary/aromatic N) is 1. The monoisotopic (exact) mass is 274 g/mol. The lowest BCUT2D eigenvalue weighted by Crippen LogP contribution is -2.45. The van der Waals surface area contributed by atoms with E-state index in [1.807, 2.05) is 6.26 Å². The Bertz CT molecular complexity index is 450. The smallest absolute Gasteiger partial charge is 0.108 e. The highest BCUT2D eigenvalue weighted by atomic mass is 16.3. The van der Waals surface area contributed by atoms with Crippen LogP contribution in [0.3, 0.4) is 0 Å². The van der Waals surface area contributed by atoms with Crippen LogP contribution in [0.1, 0.15) is 55.9 Å². The van der Waals surface area contributed by atoms with Crippen LogP contribution in [0.4, 0.5) is 0 Å². The first-order chi connectivity index (χ1) is 9.92. The fourth-order valence-electron chi connectivity index (χ4n) is 4.61. The van der Waals surface area contributed by atoms with Crippen molar-refractivity contribution in [3.8, 4) is 0 Å². The number of furan rings is 1. The number of nitrogens with one attached hydrogen (secondary N) is 1.